The third-order valence-corrected chi connectivity index (χ3v) is 5.09. The molecule has 6 nitrogen and oxygen atoms in total. The van der Waals surface area contributed by atoms with Gasteiger partial charge in [-0.2, -0.15) is 0 Å². The smallest absolute Gasteiger partial charge is 0.261 e. The molecule has 1 aliphatic rings. The molecule has 0 aromatic heterocycles. The molecule has 0 radical (unpaired) electrons. The molecule has 0 bridgehead atoms. The second-order valence-electron chi connectivity index (χ2n) is 5.00. The van der Waals surface area contributed by atoms with Gasteiger partial charge >= 0.3 is 0 Å². The summed E-state index contributed by atoms with van der Waals surface area (Å²) in [4.78, 5) is 11.4. The Morgan fingerprint density at radius 1 is 1.22 bits per heavy atom. The molecule has 2 aromatic carbocycles. The number of sulfonamides is 1. The average Bonchev–Trinajstić information content (AvgIpc) is 2.86. The number of ether oxygens (including phenoxy) is 1. The minimum absolute atomic E-state index is 0.0259. The van der Waals surface area contributed by atoms with Crippen molar-refractivity contribution in [2.75, 3.05) is 17.1 Å². The number of anilines is 2. The van der Waals surface area contributed by atoms with Gasteiger partial charge in [0.2, 0.25) is 5.91 Å². The maximum Gasteiger partial charge on any atom is 0.261 e. The van der Waals surface area contributed by atoms with E-state index in [1.54, 1.807) is 18.2 Å². The molecule has 23 heavy (non-hydrogen) atoms. The predicted molar refractivity (Wildman–Crippen MR) is 87.6 cm³/mol. The molecule has 0 unspecified atom stereocenters. The number of carbonyl (C=O) groups excluding carboxylic acids is 1. The minimum Gasteiger partial charge on any atom is -0.495 e. The second-order valence-corrected chi connectivity index (χ2v) is 7.09. The fourth-order valence-corrected chi connectivity index (χ4v) is 3.72. The molecular formula is C15H13ClN2O4S. The lowest BCUT2D eigenvalue weighted by molar-refractivity contribution is -0.115. The van der Waals surface area contributed by atoms with Crippen LogP contribution in [0.1, 0.15) is 5.56 Å². The van der Waals surface area contributed by atoms with Crippen molar-refractivity contribution in [3.63, 3.8) is 0 Å². The lowest BCUT2D eigenvalue weighted by atomic mass is 10.1. The Hall–Kier alpha value is -2.25. The van der Waals surface area contributed by atoms with Gasteiger partial charge in [0.25, 0.3) is 10.0 Å². The highest BCUT2D eigenvalue weighted by Gasteiger charge is 2.20. The Kier molecular flexibility index (Phi) is 3.91. The first kappa shape index (κ1) is 15.6. The lowest BCUT2D eigenvalue weighted by Crippen LogP contribution is -2.13. The number of nitrogens with one attached hydrogen (secondary N) is 2. The zero-order chi connectivity index (χ0) is 16.6. The van der Waals surface area contributed by atoms with Crippen LogP contribution in [0.5, 0.6) is 5.75 Å². The Morgan fingerprint density at radius 3 is 2.70 bits per heavy atom. The molecule has 3 rings (SSSR count). The molecule has 8 heteroatoms. The first-order valence-electron chi connectivity index (χ1n) is 6.68. The van der Waals surface area contributed by atoms with Gasteiger partial charge in [0.15, 0.2) is 0 Å². The van der Waals surface area contributed by atoms with Crippen molar-refractivity contribution in [1.29, 1.82) is 0 Å². The van der Waals surface area contributed by atoms with E-state index < -0.39 is 10.0 Å². The fraction of sp³-hybridized carbons (Fsp3) is 0.133. The molecule has 0 fully saturated rings. The fourth-order valence-electron chi connectivity index (χ4n) is 2.32. The van der Waals surface area contributed by atoms with E-state index in [1.165, 1.54) is 25.3 Å². The lowest BCUT2D eigenvalue weighted by Gasteiger charge is -2.10. The molecule has 0 atom stereocenters. The van der Waals surface area contributed by atoms with E-state index in [1.807, 2.05) is 0 Å². The van der Waals surface area contributed by atoms with E-state index in [-0.39, 0.29) is 22.2 Å². The molecule has 0 saturated heterocycles. The number of carbonyl (C=O) groups is 1. The van der Waals surface area contributed by atoms with Crippen LogP contribution < -0.4 is 14.8 Å². The number of methoxy groups -OCH3 is 1. The number of benzene rings is 2. The number of halogens is 1. The number of rotatable bonds is 4. The van der Waals surface area contributed by atoms with Crippen LogP contribution in [0.3, 0.4) is 0 Å². The second kappa shape index (κ2) is 5.75. The van der Waals surface area contributed by atoms with Gasteiger partial charge in [-0.25, -0.2) is 8.42 Å². The highest BCUT2D eigenvalue weighted by Crippen LogP contribution is 2.30. The van der Waals surface area contributed by atoms with Crippen molar-refractivity contribution in [3.05, 3.63) is 47.0 Å². The van der Waals surface area contributed by atoms with Gasteiger partial charge in [0, 0.05) is 11.4 Å². The normalized spacial score (nSPS) is 13.4. The molecule has 1 amide bonds. The van der Waals surface area contributed by atoms with E-state index in [9.17, 15) is 13.2 Å². The topological polar surface area (TPSA) is 84.5 Å². The van der Waals surface area contributed by atoms with Crippen molar-refractivity contribution >= 4 is 38.9 Å². The largest absolute Gasteiger partial charge is 0.495 e. The van der Waals surface area contributed by atoms with E-state index in [2.05, 4.69) is 10.0 Å². The summed E-state index contributed by atoms with van der Waals surface area (Å²) in [5.74, 6) is 0.287. The zero-order valence-electron chi connectivity index (χ0n) is 12.1. The van der Waals surface area contributed by atoms with Crippen molar-refractivity contribution in [3.8, 4) is 5.75 Å². The van der Waals surface area contributed by atoms with E-state index in [0.717, 1.165) is 5.56 Å². The maximum absolute atomic E-state index is 12.4. The van der Waals surface area contributed by atoms with E-state index >= 15 is 0 Å². The van der Waals surface area contributed by atoms with E-state index in [0.29, 0.717) is 17.1 Å². The van der Waals surface area contributed by atoms with Gasteiger partial charge in [-0.05, 0) is 42.0 Å². The predicted octanol–water partition coefficient (Wildman–Crippen LogP) is 2.64. The van der Waals surface area contributed by atoms with Crippen LogP contribution >= 0.6 is 11.6 Å². The monoisotopic (exact) mass is 352 g/mol. The summed E-state index contributed by atoms with van der Waals surface area (Å²) in [5.41, 5.74) is 1.83. The van der Waals surface area contributed by atoms with Gasteiger partial charge in [-0.15, -0.1) is 0 Å². The van der Waals surface area contributed by atoms with Crippen LogP contribution in [0, 0.1) is 0 Å². The standard InChI is InChI=1S/C15H13ClN2O4S/c1-22-14-5-3-11(8-12(14)16)23(20,21)18-10-2-4-13-9(6-10)7-15(19)17-13/h2-6,8,18H,7H2,1H3,(H,17,19). The van der Waals surface area contributed by atoms with Crippen LogP contribution in [0.15, 0.2) is 41.3 Å². The summed E-state index contributed by atoms with van der Waals surface area (Å²) in [5, 5.41) is 2.90. The summed E-state index contributed by atoms with van der Waals surface area (Å²) in [7, 11) is -2.34. The molecule has 1 aliphatic heterocycles. The Morgan fingerprint density at radius 2 is 2.00 bits per heavy atom. The van der Waals surface area contributed by atoms with Crippen LogP contribution in [0.4, 0.5) is 11.4 Å². The number of amides is 1. The summed E-state index contributed by atoms with van der Waals surface area (Å²) in [6, 6.07) is 9.11. The SMILES string of the molecule is COc1ccc(S(=O)(=O)Nc2ccc3c(c2)CC(=O)N3)cc1Cl. The molecule has 2 aromatic rings. The van der Waals surface area contributed by atoms with Crippen LogP contribution in [0.2, 0.25) is 5.02 Å². The quantitative estimate of drug-likeness (QED) is 0.885. The van der Waals surface area contributed by atoms with Crippen molar-refractivity contribution in [2.45, 2.75) is 11.3 Å². The number of fused-ring (bicyclic) bond motifs is 1. The molecule has 120 valence electrons. The summed E-state index contributed by atoms with van der Waals surface area (Å²) < 4.78 is 32.3. The highest BCUT2D eigenvalue weighted by molar-refractivity contribution is 7.92. The van der Waals surface area contributed by atoms with Gasteiger partial charge < -0.3 is 10.1 Å². The average molecular weight is 353 g/mol. The number of hydrogen-bond donors (Lipinski definition) is 2. The summed E-state index contributed by atoms with van der Waals surface area (Å²) in [6.45, 7) is 0. The van der Waals surface area contributed by atoms with Gasteiger partial charge in [0.1, 0.15) is 5.75 Å². The summed E-state index contributed by atoms with van der Waals surface area (Å²) in [6.07, 6.45) is 0.235. The Balaban J connectivity index is 1.88. The van der Waals surface area contributed by atoms with Crippen molar-refractivity contribution in [2.24, 2.45) is 0 Å². The number of hydrogen-bond acceptors (Lipinski definition) is 4. The van der Waals surface area contributed by atoms with Gasteiger partial charge in [-0.1, -0.05) is 11.6 Å². The first-order valence-corrected chi connectivity index (χ1v) is 8.54. The molecular weight excluding hydrogens is 340 g/mol. The van der Waals surface area contributed by atoms with Crippen LogP contribution in [-0.2, 0) is 21.2 Å². The molecule has 0 aliphatic carbocycles. The Labute approximate surface area is 138 Å². The molecule has 1 heterocycles. The molecule has 0 saturated carbocycles. The minimum atomic E-state index is -3.79. The van der Waals surface area contributed by atoms with Crippen LogP contribution in [-0.4, -0.2) is 21.4 Å². The third-order valence-electron chi connectivity index (χ3n) is 3.42. The highest BCUT2D eigenvalue weighted by atomic mass is 35.5. The van der Waals surface area contributed by atoms with Gasteiger partial charge in [-0.3, -0.25) is 9.52 Å². The zero-order valence-corrected chi connectivity index (χ0v) is 13.7. The summed E-state index contributed by atoms with van der Waals surface area (Å²) >= 11 is 5.97. The van der Waals surface area contributed by atoms with Gasteiger partial charge in [0.05, 0.1) is 23.4 Å². The van der Waals surface area contributed by atoms with Crippen molar-refractivity contribution < 1.29 is 17.9 Å². The molecule has 2 N–H and O–H groups in total. The van der Waals surface area contributed by atoms with Crippen LogP contribution in [0.25, 0.3) is 0 Å². The maximum atomic E-state index is 12.4. The molecule has 0 spiro atoms. The van der Waals surface area contributed by atoms with E-state index in [4.69, 9.17) is 16.3 Å². The first-order chi connectivity index (χ1) is 10.9. The Bertz CT molecular complexity index is 896. The van der Waals surface area contributed by atoms with Crippen molar-refractivity contribution in [1.82, 2.24) is 0 Å². The third kappa shape index (κ3) is 3.11.